The molecule has 2 fully saturated rings. The molecular weight excluding hydrogens is 348 g/mol. The summed E-state index contributed by atoms with van der Waals surface area (Å²) in [6.45, 7) is 5.64. The first-order valence-corrected chi connectivity index (χ1v) is 10.3. The number of dihydropyridines is 1. The molecule has 2 saturated heterocycles. The van der Waals surface area contributed by atoms with Crippen molar-refractivity contribution in [3.05, 3.63) is 78.2 Å². The van der Waals surface area contributed by atoms with Gasteiger partial charge in [-0.15, -0.1) is 0 Å². The minimum atomic E-state index is 0.233. The molecule has 4 aliphatic rings. The number of nitrogens with one attached hydrogen (secondary N) is 2. The maximum atomic E-state index is 5.56. The molecule has 1 aromatic rings. The van der Waals surface area contributed by atoms with E-state index in [4.69, 9.17) is 4.74 Å². The summed E-state index contributed by atoms with van der Waals surface area (Å²) in [7, 11) is 0. The van der Waals surface area contributed by atoms with Crippen LogP contribution in [-0.2, 0) is 4.74 Å². The summed E-state index contributed by atoms with van der Waals surface area (Å²) in [6, 6.07) is 11.3. The molecule has 3 atom stereocenters. The predicted molar refractivity (Wildman–Crippen MR) is 112 cm³/mol. The molecule has 0 aromatic heterocycles. The van der Waals surface area contributed by atoms with Gasteiger partial charge in [-0.1, -0.05) is 48.6 Å². The molecule has 4 aliphatic heterocycles. The van der Waals surface area contributed by atoms with Gasteiger partial charge in [-0.05, 0) is 23.3 Å². The highest BCUT2D eigenvalue weighted by molar-refractivity contribution is 5.75. The van der Waals surface area contributed by atoms with E-state index >= 15 is 0 Å². The number of ether oxygens (including phenoxy) is 1. The molecular formula is C23H28N4O. The largest absolute Gasteiger partial charge is 0.384 e. The highest BCUT2D eigenvalue weighted by Gasteiger charge is 2.42. The molecule has 3 unspecified atom stereocenters. The van der Waals surface area contributed by atoms with Gasteiger partial charge in [0.15, 0.2) is 0 Å². The van der Waals surface area contributed by atoms with Crippen LogP contribution in [0, 0.1) is 0 Å². The van der Waals surface area contributed by atoms with Crippen molar-refractivity contribution in [2.45, 2.75) is 18.2 Å². The smallest absolute Gasteiger partial charge is 0.0995 e. The van der Waals surface area contributed by atoms with Crippen molar-refractivity contribution < 1.29 is 4.74 Å². The zero-order valence-electron chi connectivity index (χ0n) is 16.1. The van der Waals surface area contributed by atoms with E-state index in [0.717, 1.165) is 39.4 Å². The zero-order valence-corrected chi connectivity index (χ0v) is 16.1. The summed E-state index contributed by atoms with van der Waals surface area (Å²) in [6.07, 6.45) is 13.7. The number of hydrogen-bond acceptors (Lipinski definition) is 5. The van der Waals surface area contributed by atoms with E-state index in [1.165, 1.54) is 16.8 Å². The molecule has 0 aliphatic carbocycles. The minimum Gasteiger partial charge on any atom is -0.384 e. The first-order chi connectivity index (χ1) is 13.9. The first-order valence-electron chi connectivity index (χ1n) is 10.3. The van der Waals surface area contributed by atoms with Crippen LogP contribution in [0.15, 0.2) is 72.6 Å². The fourth-order valence-corrected chi connectivity index (χ4v) is 4.52. The highest BCUT2D eigenvalue weighted by Crippen LogP contribution is 2.31. The quantitative estimate of drug-likeness (QED) is 0.841. The van der Waals surface area contributed by atoms with Gasteiger partial charge in [0.1, 0.15) is 0 Å². The third-order valence-electron chi connectivity index (χ3n) is 6.01. The average molecular weight is 377 g/mol. The van der Waals surface area contributed by atoms with E-state index in [9.17, 15) is 0 Å². The summed E-state index contributed by atoms with van der Waals surface area (Å²) in [5.41, 5.74) is 3.83. The summed E-state index contributed by atoms with van der Waals surface area (Å²) in [4.78, 5) is 5.06. The SMILES string of the molecule is C1=CCNC(C2NC3C=CC(c4ccccc4)=CN3C2CN2CCOCC2)=C1. The maximum Gasteiger partial charge on any atom is 0.0995 e. The fourth-order valence-electron chi connectivity index (χ4n) is 4.52. The van der Waals surface area contributed by atoms with Crippen LogP contribution in [0.25, 0.3) is 5.57 Å². The van der Waals surface area contributed by atoms with Gasteiger partial charge >= 0.3 is 0 Å². The monoisotopic (exact) mass is 376 g/mol. The Bertz CT molecular complexity index is 807. The van der Waals surface area contributed by atoms with Crippen LogP contribution in [0.5, 0.6) is 0 Å². The Labute approximate surface area is 167 Å². The van der Waals surface area contributed by atoms with Crippen molar-refractivity contribution >= 4 is 5.57 Å². The number of nitrogens with zero attached hydrogens (tertiary/aromatic N) is 2. The second kappa shape index (κ2) is 7.95. The van der Waals surface area contributed by atoms with Crippen molar-refractivity contribution in [2.24, 2.45) is 0 Å². The van der Waals surface area contributed by atoms with Gasteiger partial charge in [0.2, 0.25) is 0 Å². The fraction of sp³-hybridized carbons (Fsp3) is 0.391. The van der Waals surface area contributed by atoms with E-state index in [2.05, 4.69) is 87.3 Å². The first kappa shape index (κ1) is 17.7. The molecule has 5 heteroatoms. The molecule has 5 rings (SSSR count). The third kappa shape index (κ3) is 3.53. The third-order valence-corrected chi connectivity index (χ3v) is 6.01. The van der Waals surface area contributed by atoms with E-state index in [1.54, 1.807) is 0 Å². The molecule has 0 amide bonds. The van der Waals surface area contributed by atoms with Gasteiger partial charge < -0.3 is 15.0 Å². The van der Waals surface area contributed by atoms with E-state index in [0.29, 0.717) is 6.04 Å². The topological polar surface area (TPSA) is 39.8 Å². The number of rotatable bonds is 4. The summed E-state index contributed by atoms with van der Waals surface area (Å²) in [5.74, 6) is 0. The van der Waals surface area contributed by atoms with Crippen LogP contribution >= 0.6 is 0 Å². The Balaban J connectivity index is 1.44. The van der Waals surface area contributed by atoms with E-state index in [-0.39, 0.29) is 12.2 Å². The van der Waals surface area contributed by atoms with Crippen LogP contribution < -0.4 is 10.6 Å². The number of benzene rings is 1. The average Bonchev–Trinajstić information content (AvgIpc) is 3.13. The summed E-state index contributed by atoms with van der Waals surface area (Å²) >= 11 is 0. The van der Waals surface area contributed by atoms with Crippen molar-refractivity contribution in [3.63, 3.8) is 0 Å². The Morgan fingerprint density at radius 2 is 1.96 bits per heavy atom. The maximum absolute atomic E-state index is 5.56. The molecule has 1 aromatic carbocycles. The molecule has 146 valence electrons. The Kier molecular flexibility index (Phi) is 5.04. The zero-order chi connectivity index (χ0) is 18.8. The Morgan fingerprint density at radius 3 is 2.75 bits per heavy atom. The van der Waals surface area contributed by atoms with Crippen LogP contribution in [0.1, 0.15) is 5.56 Å². The Morgan fingerprint density at radius 1 is 1.11 bits per heavy atom. The molecule has 0 radical (unpaired) electrons. The lowest BCUT2D eigenvalue weighted by Gasteiger charge is -2.36. The lowest BCUT2D eigenvalue weighted by Crippen LogP contribution is -2.50. The van der Waals surface area contributed by atoms with Gasteiger partial charge in [-0.25, -0.2) is 0 Å². The lowest BCUT2D eigenvalue weighted by molar-refractivity contribution is 0.0283. The molecule has 0 bridgehead atoms. The number of morpholine rings is 1. The van der Waals surface area contributed by atoms with Gasteiger partial charge in [-0.3, -0.25) is 10.2 Å². The van der Waals surface area contributed by atoms with Crippen molar-refractivity contribution in [1.82, 2.24) is 20.4 Å². The number of hydrogen-bond donors (Lipinski definition) is 2. The van der Waals surface area contributed by atoms with Crippen LogP contribution in [0.4, 0.5) is 0 Å². The van der Waals surface area contributed by atoms with Crippen LogP contribution in [-0.4, -0.2) is 67.4 Å². The van der Waals surface area contributed by atoms with Crippen LogP contribution in [0.3, 0.4) is 0 Å². The van der Waals surface area contributed by atoms with Crippen molar-refractivity contribution in [2.75, 3.05) is 39.4 Å². The molecule has 0 spiro atoms. The summed E-state index contributed by atoms with van der Waals surface area (Å²) in [5, 5.41) is 7.42. The molecule has 2 N–H and O–H groups in total. The Hall–Kier alpha value is -2.34. The standard InChI is InChI=1S/C23H28N4O/c1-2-6-18(7-3-1)19-9-10-22-25-23(20-8-4-5-11-24-20)21(27(22)16-19)17-26-12-14-28-15-13-26/h1-10,16,21-25H,11-15,17H2. The normalized spacial score (nSPS) is 29.9. The van der Waals surface area contributed by atoms with Gasteiger partial charge in [0.25, 0.3) is 0 Å². The van der Waals surface area contributed by atoms with Crippen molar-refractivity contribution in [1.29, 1.82) is 0 Å². The molecule has 5 nitrogen and oxygen atoms in total. The number of allylic oxidation sites excluding steroid dienone is 4. The second-order valence-corrected chi connectivity index (χ2v) is 7.76. The van der Waals surface area contributed by atoms with Gasteiger partial charge in [-0.2, -0.15) is 0 Å². The molecule has 28 heavy (non-hydrogen) atoms. The second-order valence-electron chi connectivity index (χ2n) is 7.76. The summed E-state index contributed by atoms with van der Waals surface area (Å²) < 4.78 is 5.56. The highest BCUT2D eigenvalue weighted by atomic mass is 16.5. The lowest BCUT2D eigenvalue weighted by atomic mass is 10.0. The van der Waals surface area contributed by atoms with Gasteiger partial charge in [0.05, 0.1) is 31.5 Å². The minimum absolute atomic E-state index is 0.233. The predicted octanol–water partition coefficient (Wildman–Crippen LogP) is 1.94. The van der Waals surface area contributed by atoms with E-state index in [1.807, 2.05) is 0 Å². The van der Waals surface area contributed by atoms with E-state index < -0.39 is 0 Å². The van der Waals surface area contributed by atoms with Gasteiger partial charge in [0, 0.05) is 38.1 Å². The number of fused-ring (bicyclic) bond motifs is 1. The molecule has 0 saturated carbocycles. The molecule has 4 heterocycles. The van der Waals surface area contributed by atoms with Crippen molar-refractivity contribution in [3.8, 4) is 0 Å². The van der Waals surface area contributed by atoms with Crippen LogP contribution in [0.2, 0.25) is 0 Å².